The van der Waals surface area contributed by atoms with Gasteiger partial charge >= 0.3 is 0 Å². The lowest BCUT2D eigenvalue weighted by atomic mass is 10.2. The molecule has 2 rings (SSSR count). The summed E-state index contributed by atoms with van der Waals surface area (Å²) in [5.41, 5.74) is 0. The maximum atomic E-state index is 13.9. The molecule has 1 aromatic heterocycles. The van der Waals surface area contributed by atoms with E-state index in [0.29, 0.717) is 19.6 Å². The van der Waals surface area contributed by atoms with Crippen LogP contribution in [0.3, 0.4) is 0 Å². The number of aromatic nitrogens is 1. The average Bonchev–Trinajstić information content (AvgIpc) is 2.41. The van der Waals surface area contributed by atoms with Crippen molar-refractivity contribution in [1.82, 2.24) is 4.98 Å². The summed E-state index contributed by atoms with van der Waals surface area (Å²) in [6, 6.07) is 0.828. The molecule has 20 heavy (non-hydrogen) atoms. The van der Waals surface area contributed by atoms with E-state index in [4.69, 9.17) is 4.74 Å². The minimum atomic E-state index is -0.715. The van der Waals surface area contributed by atoms with Gasteiger partial charge in [0.25, 0.3) is 0 Å². The van der Waals surface area contributed by atoms with Crippen molar-refractivity contribution < 1.29 is 18.6 Å². The Hall–Kier alpha value is -1.47. The van der Waals surface area contributed by atoms with Crippen molar-refractivity contribution in [3.8, 4) is 0 Å². The highest BCUT2D eigenvalue weighted by atomic mass is 19.1. The van der Waals surface area contributed by atoms with Crippen molar-refractivity contribution in [2.75, 3.05) is 36.5 Å². The van der Waals surface area contributed by atoms with Gasteiger partial charge in [0.05, 0.1) is 18.8 Å². The lowest BCUT2D eigenvalue weighted by molar-refractivity contribution is -0.0424. The number of hydrogen-bond acceptors (Lipinski definition) is 5. The number of nitrogens with one attached hydrogen (secondary N) is 1. The number of ether oxygens (including phenoxy) is 1. The number of halogens is 2. The third-order valence-corrected chi connectivity index (χ3v) is 3.08. The van der Waals surface area contributed by atoms with E-state index in [1.165, 1.54) is 0 Å². The van der Waals surface area contributed by atoms with E-state index in [9.17, 15) is 13.9 Å². The summed E-state index contributed by atoms with van der Waals surface area (Å²) < 4.78 is 33.0. The second kappa shape index (κ2) is 6.32. The molecular formula is C13H19F2N3O2. The van der Waals surface area contributed by atoms with Crippen molar-refractivity contribution in [3.63, 3.8) is 0 Å². The summed E-state index contributed by atoms with van der Waals surface area (Å²) in [5, 5.41) is 11.9. The van der Waals surface area contributed by atoms with Gasteiger partial charge in [0.15, 0.2) is 23.3 Å². The van der Waals surface area contributed by atoms with Crippen molar-refractivity contribution in [3.05, 3.63) is 17.7 Å². The van der Waals surface area contributed by atoms with E-state index < -0.39 is 17.7 Å². The van der Waals surface area contributed by atoms with Gasteiger partial charge in [-0.2, -0.15) is 0 Å². The minimum absolute atomic E-state index is 0.0311. The van der Waals surface area contributed by atoms with Crippen LogP contribution in [-0.4, -0.2) is 48.5 Å². The fraction of sp³-hybridized carbons (Fsp3) is 0.615. The maximum absolute atomic E-state index is 13.9. The molecule has 1 aromatic rings. The lowest BCUT2D eigenvalue weighted by Crippen LogP contribution is -2.48. The van der Waals surface area contributed by atoms with E-state index in [1.807, 2.05) is 13.8 Å². The Bertz CT molecular complexity index is 473. The molecule has 2 N–H and O–H groups in total. The zero-order valence-corrected chi connectivity index (χ0v) is 11.6. The number of morpholine rings is 1. The first-order valence-corrected chi connectivity index (χ1v) is 6.66. The van der Waals surface area contributed by atoms with Gasteiger partial charge in [0.1, 0.15) is 0 Å². The first-order chi connectivity index (χ1) is 9.55. The largest absolute Gasteiger partial charge is 0.394 e. The topological polar surface area (TPSA) is 57.6 Å². The Morgan fingerprint density at radius 3 is 2.85 bits per heavy atom. The first-order valence-electron chi connectivity index (χ1n) is 6.66. The number of nitrogens with zero attached hydrogens (tertiary/aromatic N) is 2. The Balaban J connectivity index is 2.28. The fourth-order valence-electron chi connectivity index (χ4n) is 2.29. The predicted molar refractivity (Wildman–Crippen MR) is 72.0 cm³/mol. The predicted octanol–water partition coefficient (Wildman–Crippen LogP) is 1.38. The Kier molecular flexibility index (Phi) is 4.72. The summed E-state index contributed by atoms with van der Waals surface area (Å²) in [6.45, 7) is 4.75. The molecule has 0 aliphatic carbocycles. The van der Waals surface area contributed by atoms with Crippen LogP contribution in [0, 0.1) is 11.6 Å². The molecule has 0 spiro atoms. The van der Waals surface area contributed by atoms with Gasteiger partial charge in [-0.3, -0.25) is 0 Å². The number of aliphatic hydroxyl groups excluding tert-OH is 1. The number of rotatable bonds is 4. The minimum Gasteiger partial charge on any atom is -0.394 e. The molecule has 2 atom stereocenters. The molecule has 0 radical (unpaired) electrons. The summed E-state index contributed by atoms with van der Waals surface area (Å²) >= 11 is 0. The zero-order chi connectivity index (χ0) is 14.7. The molecule has 2 heterocycles. The number of anilines is 2. The third-order valence-electron chi connectivity index (χ3n) is 3.08. The normalized spacial score (nSPS) is 22.9. The number of aliphatic hydroxyl groups is 1. The summed E-state index contributed by atoms with van der Waals surface area (Å²) in [5.74, 6) is -1.32. The van der Waals surface area contributed by atoms with Crippen LogP contribution in [0.25, 0.3) is 0 Å². The molecular weight excluding hydrogens is 268 g/mol. The van der Waals surface area contributed by atoms with Crippen LogP contribution in [0.2, 0.25) is 0 Å². The first kappa shape index (κ1) is 14.9. The second-order valence-corrected chi connectivity index (χ2v) is 4.81. The molecule has 2 unspecified atom stereocenters. The van der Waals surface area contributed by atoms with Gasteiger partial charge in [0, 0.05) is 25.7 Å². The molecule has 1 aliphatic rings. The van der Waals surface area contributed by atoms with Crippen LogP contribution in [0.5, 0.6) is 0 Å². The van der Waals surface area contributed by atoms with Gasteiger partial charge in [-0.15, -0.1) is 0 Å². The van der Waals surface area contributed by atoms with Gasteiger partial charge < -0.3 is 20.1 Å². The highest BCUT2D eigenvalue weighted by Gasteiger charge is 2.28. The van der Waals surface area contributed by atoms with E-state index in [0.717, 1.165) is 6.07 Å². The summed E-state index contributed by atoms with van der Waals surface area (Å²) in [4.78, 5) is 5.69. The molecule has 0 bridgehead atoms. The van der Waals surface area contributed by atoms with E-state index >= 15 is 0 Å². The van der Waals surface area contributed by atoms with Crippen LogP contribution in [0.1, 0.15) is 13.8 Å². The molecule has 112 valence electrons. The standard InChI is InChI=1S/C13H19F2N3O2/c1-3-16-12-10(14)4-11(15)13(17-12)18-5-8(2)20-9(6-18)7-19/h4,8-9,19H,3,5-7H2,1-2H3,(H,16,17). The number of pyridine rings is 1. The quantitative estimate of drug-likeness (QED) is 0.876. The molecule has 1 saturated heterocycles. The molecule has 1 aliphatic heterocycles. The van der Waals surface area contributed by atoms with Crippen LogP contribution in [-0.2, 0) is 4.74 Å². The van der Waals surface area contributed by atoms with E-state index in [-0.39, 0.29) is 24.3 Å². The fourth-order valence-corrected chi connectivity index (χ4v) is 2.29. The molecule has 0 aromatic carbocycles. The Morgan fingerprint density at radius 1 is 1.45 bits per heavy atom. The SMILES string of the molecule is CCNc1nc(N2CC(C)OC(CO)C2)c(F)cc1F. The summed E-state index contributed by atoms with van der Waals surface area (Å²) in [7, 11) is 0. The molecule has 0 saturated carbocycles. The molecule has 7 heteroatoms. The molecule has 0 amide bonds. The Morgan fingerprint density at radius 2 is 2.20 bits per heavy atom. The second-order valence-electron chi connectivity index (χ2n) is 4.81. The van der Waals surface area contributed by atoms with Gasteiger partial charge in [-0.05, 0) is 13.8 Å². The summed E-state index contributed by atoms with van der Waals surface area (Å²) in [6.07, 6.45) is -0.553. The van der Waals surface area contributed by atoms with Crippen LogP contribution in [0.15, 0.2) is 6.07 Å². The van der Waals surface area contributed by atoms with Crippen LogP contribution < -0.4 is 10.2 Å². The van der Waals surface area contributed by atoms with Crippen LogP contribution >= 0.6 is 0 Å². The van der Waals surface area contributed by atoms with Crippen molar-refractivity contribution >= 4 is 11.6 Å². The Labute approximate surface area is 116 Å². The highest BCUT2D eigenvalue weighted by molar-refractivity contribution is 5.49. The van der Waals surface area contributed by atoms with Crippen molar-refractivity contribution in [2.45, 2.75) is 26.1 Å². The lowest BCUT2D eigenvalue weighted by Gasteiger charge is -2.37. The van der Waals surface area contributed by atoms with Gasteiger partial charge in [0.2, 0.25) is 0 Å². The molecule has 5 nitrogen and oxygen atoms in total. The van der Waals surface area contributed by atoms with Crippen molar-refractivity contribution in [1.29, 1.82) is 0 Å². The smallest absolute Gasteiger partial charge is 0.168 e. The monoisotopic (exact) mass is 287 g/mol. The van der Waals surface area contributed by atoms with Crippen molar-refractivity contribution in [2.24, 2.45) is 0 Å². The number of hydrogen-bond donors (Lipinski definition) is 2. The molecule has 1 fully saturated rings. The van der Waals surface area contributed by atoms with E-state index in [2.05, 4.69) is 10.3 Å². The van der Waals surface area contributed by atoms with Gasteiger partial charge in [-0.1, -0.05) is 0 Å². The average molecular weight is 287 g/mol. The zero-order valence-electron chi connectivity index (χ0n) is 11.6. The van der Waals surface area contributed by atoms with Crippen LogP contribution in [0.4, 0.5) is 20.4 Å². The third kappa shape index (κ3) is 3.16. The maximum Gasteiger partial charge on any atom is 0.168 e. The van der Waals surface area contributed by atoms with E-state index in [1.54, 1.807) is 4.90 Å². The highest BCUT2D eigenvalue weighted by Crippen LogP contribution is 2.25. The van der Waals surface area contributed by atoms with Gasteiger partial charge in [-0.25, -0.2) is 13.8 Å².